The second-order valence-electron chi connectivity index (χ2n) is 6.92. The average molecular weight is 322 g/mol. The summed E-state index contributed by atoms with van der Waals surface area (Å²) in [5.74, 6) is 1.34. The lowest BCUT2D eigenvalue weighted by atomic mass is 10.2. The number of methoxy groups -OCH3 is 1. The Morgan fingerprint density at radius 2 is 2.09 bits per heavy atom. The van der Waals surface area contributed by atoms with Crippen molar-refractivity contribution in [1.82, 2.24) is 9.88 Å². The summed E-state index contributed by atoms with van der Waals surface area (Å²) in [6.45, 7) is 9.98. The second kappa shape index (κ2) is 6.64. The van der Waals surface area contributed by atoms with Gasteiger partial charge in [0.1, 0.15) is 23.2 Å². The molecular weight excluding hydrogens is 296 g/mol. The van der Waals surface area contributed by atoms with Crippen LogP contribution in [-0.4, -0.2) is 47.4 Å². The van der Waals surface area contributed by atoms with Crippen LogP contribution in [0.15, 0.2) is 12.3 Å². The average Bonchev–Trinajstić information content (AvgIpc) is 2.80. The standard InChI is InChI=1S/C17H26N2O4/c1-11-7-14(10-19(11)16(20)23-17(3,4)5)22-13-8-15(21-6)12(2)18-9-13/h8-9,11,14H,7,10H2,1-6H3/t11-,14+/m0/s1. The van der Waals surface area contributed by atoms with Crippen LogP contribution >= 0.6 is 0 Å². The van der Waals surface area contributed by atoms with Crippen molar-refractivity contribution >= 4 is 6.09 Å². The van der Waals surface area contributed by atoms with Gasteiger partial charge >= 0.3 is 6.09 Å². The number of nitrogens with zero attached hydrogens (tertiary/aromatic N) is 2. The van der Waals surface area contributed by atoms with Gasteiger partial charge in [0, 0.05) is 18.5 Å². The van der Waals surface area contributed by atoms with Crippen molar-refractivity contribution in [3.05, 3.63) is 18.0 Å². The Balaban J connectivity index is 2.00. The third-order valence-electron chi connectivity index (χ3n) is 3.70. The fourth-order valence-electron chi connectivity index (χ4n) is 2.60. The number of hydrogen-bond donors (Lipinski definition) is 0. The molecule has 0 bridgehead atoms. The van der Waals surface area contributed by atoms with Crippen LogP contribution in [0.1, 0.15) is 39.8 Å². The number of aromatic nitrogens is 1. The Kier molecular flexibility index (Phi) is 5.02. The van der Waals surface area contributed by atoms with Crippen LogP contribution in [0.4, 0.5) is 4.79 Å². The zero-order valence-corrected chi connectivity index (χ0v) is 14.8. The molecule has 0 saturated carbocycles. The normalized spacial score (nSPS) is 21.2. The van der Waals surface area contributed by atoms with Gasteiger partial charge in [0.15, 0.2) is 0 Å². The van der Waals surface area contributed by atoms with Gasteiger partial charge in [-0.2, -0.15) is 0 Å². The highest BCUT2D eigenvalue weighted by atomic mass is 16.6. The number of carbonyl (C=O) groups excluding carboxylic acids is 1. The number of hydrogen-bond acceptors (Lipinski definition) is 5. The van der Waals surface area contributed by atoms with Gasteiger partial charge in [0.25, 0.3) is 0 Å². The van der Waals surface area contributed by atoms with Crippen molar-refractivity contribution in [3.8, 4) is 11.5 Å². The maximum absolute atomic E-state index is 12.2. The first-order valence-electron chi connectivity index (χ1n) is 7.86. The lowest BCUT2D eigenvalue weighted by Gasteiger charge is -2.26. The number of rotatable bonds is 3. The molecule has 6 nitrogen and oxygen atoms in total. The summed E-state index contributed by atoms with van der Waals surface area (Å²) in [4.78, 5) is 18.2. The third-order valence-corrected chi connectivity index (χ3v) is 3.70. The zero-order valence-electron chi connectivity index (χ0n) is 14.8. The molecule has 2 heterocycles. The molecule has 1 fully saturated rings. The van der Waals surface area contributed by atoms with E-state index in [9.17, 15) is 4.79 Å². The molecule has 23 heavy (non-hydrogen) atoms. The molecular formula is C17H26N2O4. The zero-order chi connectivity index (χ0) is 17.2. The number of ether oxygens (including phenoxy) is 3. The number of likely N-dealkylation sites (tertiary alicyclic amines) is 1. The van der Waals surface area contributed by atoms with Crippen molar-refractivity contribution in [3.63, 3.8) is 0 Å². The number of aryl methyl sites for hydroxylation is 1. The summed E-state index contributed by atoms with van der Waals surface area (Å²) in [6.07, 6.45) is 2.07. The quantitative estimate of drug-likeness (QED) is 0.855. The SMILES string of the molecule is COc1cc(O[C@@H]2C[C@H](C)N(C(=O)OC(C)(C)C)C2)cnc1C. The monoisotopic (exact) mass is 322 g/mol. The first-order valence-corrected chi connectivity index (χ1v) is 7.86. The minimum Gasteiger partial charge on any atom is -0.495 e. The highest BCUT2D eigenvalue weighted by Crippen LogP contribution is 2.27. The van der Waals surface area contributed by atoms with Gasteiger partial charge in [-0.05, 0) is 34.6 Å². The van der Waals surface area contributed by atoms with Crippen LogP contribution in [-0.2, 0) is 4.74 Å². The van der Waals surface area contributed by atoms with E-state index in [1.165, 1.54) is 0 Å². The lowest BCUT2D eigenvalue weighted by Crippen LogP contribution is -2.39. The van der Waals surface area contributed by atoms with E-state index in [2.05, 4.69) is 4.98 Å². The summed E-state index contributed by atoms with van der Waals surface area (Å²) in [5, 5.41) is 0. The van der Waals surface area contributed by atoms with E-state index < -0.39 is 5.60 Å². The van der Waals surface area contributed by atoms with Gasteiger partial charge in [0.05, 0.1) is 25.5 Å². The van der Waals surface area contributed by atoms with E-state index in [1.807, 2.05) is 40.7 Å². The molecule has 1 aromatic heterocycles. The molecule has 6 heteroatoms. The fraction of sp³-hybridized carbons (Fsp3) is 0.647. The van der Waals surface area contributed by atoms with Crippen LogP contribution in [0.2, 0.25) is 0 Å². The summed E-state index contributed by atoms with van der Waals surface area (Å²) >= 11 is 0. The van der Waals surface area contributed by atoms with E-state index in [0.29, 0.717) is 18.0 Å². The highest BCUT2D eigenvalue weighted by molar-refractivity contribution is 5.69. The second-order valence-corrected chi connectivity index (χ2v) is 6.92. The molecule has 2 rings (SSSR count). The summed E-state index contributed by atoms with van der Waals surface area (Å²) in [7, 11) is 1.61. The molecule has 1 amide bonds. The molecule has 1 aliphatic heterocycles. The molecule has 128 valence electrons. The predicted molar refractivity (Wildman–Crippen MR) is 87.0 cm³/mol. The van der Waals surface area contributed by atoms with Gasteiger partial charge < -0.3 is 19.1 Å². The highest BCUT2D eigenvalue weighted by Gasteiger charge is 2.36. The van der Waals surface area contributed by atoms with Crippen LogP contribution < -0.4 is 9.47 Å². The minimum absolute atomic E-state index is 0.0771. The molecule has 1 aromatic rings. The van der Waals surface area contributed by atoms with Gasteiger partial charge in [0.2, 0.25) is 0 Å². The van der Waals surface area contributed by atoms with Gasteiger partial charge in [-0.15, -0.1) is 0 Å². The van der Waals surface area contributed by atoms with Crippen molar-refractivity contribution in [2.45, 2.75) is 58.8 Å². The maximum Gasteiger partial charge on any atom is 0.410 e. The molecule has 0 aromatic carbocycles. The molecule has 1 saturated heterocycles. The summed E-state index contributed by atoms with van der Waals surface area (Å²) < 4.78 is 16.7. The van der Waals surface area contributed by atoms with E-state index in [1.54, 1.807) is 18.2 Å². The van der Waals surface area contributed by atoms with Crippen LogP contribution in [0.25, 0.3) is 0 Å². The summed E-state index contributed by atoms with van der Waals surface area (Å²) in [5.41, 5.74) is 0.319. The van der Waals surface area contributed by atoms with Crippen molar-refractivity contribution in [2.75, 3.05) is 13.7 Å². The first kappa shape index (κ1) is 17.4. The summed E-state index contributed by atoms with van der Waals surface area (Å²) in [6, 6.07) is 1.90. The molecule has 1 aliphatic rings. The van der Waals surface area contributed by atoms with Crippen LogP contribution in [0, 0.1) is 6.92 Å². The van der Waals surface area contributed by atoms with E-state index in [0.717, 1.165) is 12.1 Å². The molecule has 0 radical (unpaired) electrons. The maximum atomic E-state index is 12.2. The van der Waals surface area contributed by atoms with Gasteiger partial charge in [-0.3, -0.25) is 4.98 Å². The Labute approximate surface area is 137 Å². The Bertz CT molecular complexity index is 568. The van der Waals surface area contributed by atoms with Crippen LogP contribution in [0.5, 0.6) is 11.5 Å². The fourth-order valence-corrected chi connectivity index (χ4v) is 2.60. The smallest absolute Gasteiger partial charge is 0.410 e. The van der Waals surface area contributed by atoms with E-state index >= 15 is 0 Å². The Hall–Kier alpha value is -1.98. The largest absolute Gasteiger partial charge is 0.495 e. The Morgan fingerprint density at radius 3 is 2.70 bits per heavy atom. The van der Waals surface area contributed by atoms with E-state index in [4.69, 9.17) is 14.2 Å². The number of pyridine rings is 1. The number of carbonyl (C=O) groups is 1. The Morgan fingerprint density at radius 1 is 1.39 bits per heavy atom. The molecule has 0 spiro atoms. The molecule has 0 N–H and O–H groups in total. The van der Waals surface area contributed by atoms with Gasteiger partial charge in [-0.1, -0.05) is 0 Å². The third kappa shape index (κ3) is 4.50. The lowest BCUT2D eigenvalue weighted by molar-refractivity contribution is 0.0224. The van der Waals surface area contributed by atoms with E-state index in [-0.39, 0.29) is 18.2 Å². The molecule has 2 atom stereocenters. The van der Waals surface area contributed by atoms with Crippen molar-refractivity contribution in [1.29, 1.82) is 0 Å². The number of amides is 1. The topological polar surface area (TPSA) is 60.9 Å². The minimum atomic E-state index is -0.496. The molecule has 0 aliphatic carbocycles. The van der Waals surface area contributed by atoms with Crippen LogP contribution in [0.3, 0.4) is 0 Å². The molecule has 0 unspecified atom stereocenters. The van der Waals surface area contributed by atoms with Gasteiger partial charge in [-0.25, -0.2) is 4.79 Å². The first-order chi connectivity index (χ1) is 10.7. The van der Waals surface area contributed by atoms with Crippen molar-refractivity contribution in [2.24, 2.45) is 0 Å². The predicted octanol–water partition coefficient (Wildman–Crippen LogP) is 3.18. The van der Waals surface area contributed by atoms with Crippen molar-refractivity contribution < 1.29 is 19.0 Å².